The lowest BCUT2D eigenvalue weighted by atomic mass is 9.86. The van der Waals surface area contributed by atoms with Gasteiger partial charge < -0.3 is 4.74 Å². The van der Waals surface area contributed by atoms with E-state index in [2.05, 4.69) is 36.8 Å². The molecule has 0 saturated heterocycles. The average molecular weight is 277 g/mol. The Kier molecular flexibility index (Phi) is 4.05. The van der Waals surface area contributed by atoms with Crippen molar-refractivity contribution in [2.75, 3.05) is 0 Å². The van der Waals surface area contributed by atoms with E-state index in [1.807, 2.05) is 18.2 Å². The minimum absolute atomic E-state index is 0.00662. The number of hydrogen-bond acceptors (Lipinski definition) is 3. The van der Waals surface area contributed by atoms with Crippen LogP contribution < -0.4 is 4.74 Å². The minimum Gasteiger partial charge on any atom is -0.424 e. The molecule has 0 bridgehead atoms. The number of alkyl halides is 1. The molecule has 4 heteroatoms. The van der Waals surface area contributed by atoms with Gasteiger partial charge in [0.2, 0.25) is 0 Å². The van der Waals surface area contributed by atoms with Crippen molar-refractivity contribution >= 4 is 11.6 Å². The third-order valence-electron chi connectivity index (χ3n) is 2.73. The Labute approximate surface area is 118 Å². The molecule has 1 aromatic carbocycles. The fourth-order valence-electron chi connectivity index (χ4n) is 1.74. The van der Waals surface area contributed by atoms with Crippen LogP contribution in [0.4, 0.5) is 0 Å². The largest absolute Gasteiger partial charge is 0.424 e. The maximum Gasteiger partial charge on any atom is 0.321 e. The van der Waals surface area contributed by atoms with Gasteiger partial charge in [-0.15, -0.1) is 11.6 Å². The first-order chi connectivity index (χ1) is 9.00. The number of benzene rings is 1. The van der Waals surface area contributed by atoms with Gasteiger partial charge in [-0.2, -0.15) is 0 Å². The Morgan fingerprint density at radius 3 is 2.32 bits per heavy atom. The number of halogens is 1. The molecule has 3 nitrogen and oxygen atoms in total. The zero-order chi connectivity index (χ0) is 13.9. The first-order valence-corrected chi connectivity index (χ1v) is 6.68. The van der Waals surface area contributed by atoms with E-state index in [1.165, 1.54) is 0 Å². The molecule has 0 N–H and O–H groups in total. The fourth-order valence-corrected chi connectivity index (χ4v) is 1.88. The third-order valence-corrected chi connectivity index (χ3v) is 3.04. The molecular formula is C15H17ClN2O. The van der Waals surface area contributed by atoms with E-state index in [1.54, 1.807) is 12.4 Å². The van der Waals surface area contributed by atoms with Crippen molar-refractivity contribution in [3.63, 3.8) is 0 Å². The number of nitrogens with zero attached hydrogens (tertiary/aromatic N) is 2. The number of ether oxygens (including phenoxy) is 1. The van der Waals surface area contributed by atoms with Crippen LogP contribution in [0, 0.1) is 0 Å². The van der Waals surface area contributed by atoms with Crippen molar-refractivity contribution in [3.05, 3.63) is 47.8 Å². The average Bonchev–Trinajstić information content (AvgIpc) is 2.39. The molecule has 0 aliphatic heterocycles. The van der Waals surface area contributed by atoms with E-state index in [0.717, 1.165) is 16.9 Å². The SMILES string of the molecule is CC(C)(C)c1ccccc1Oc1ncc(CCl)cn1. The number of aromatic nitrogens is 2. The predicted octanol–water partition coefficient (Wildman–Crippen LogP) is 4.31. The Balaban J connectivity index is 2.28. The molecule has 0 atom stereocenters. The summed E-state index contributed by atoms with van der Waals surface area (Å²) in [7, 11) is 0. The lowest BCUT2D eigenvalue weighted by Crippen LogP contribution is -2.12. The van der Waals surface area contributed by atoms with Crippen LogP contribution in [0.25, 0.3) is 0 Å². The van der Waals surface area contributed by atoms with Gasteiger partial charge in [0, 0.05) is 23.5 Å². The smallest absolute Gasteiger partial charge is 0.321 e. The molecule has 0 radical (unpaired) electrons. The summed E-state index contributed by atoms with van der Waals surface area (Å²) in [5, 5.41) is 0. The molecule has 0 spiro atoms. The summed E-state index contributed by atoms with van der Waals surface area (Å²) >= 11 is 5.70. The Hall–Kier alpha value is -1.61. The van der Waals surface area contributed by atoms with Crippen LogP contribution in [-0.4, -0.2) is 9.97 Å². The molecule has 0 unspecified atom stereocenters. The summed E-state index contributed by atoms with van der Waals surface area (Å²) in [5.41, 5.74) is 2.00. The van der Waals surface area contributed by atoms with Gasteiger partial charge >= 0.3 is 6.01 Å². The van der Waals surface area contributed by atoms with Crippen molar-refractivity contribution in [1.82, 2.24) is 9.97 Å². The van der Waals surface area contributed by atoms with E-state index >= 15 is 0 Å². The zero-order valence-electron chi connectivity index (χ0n) is 11.4. The molecular weight excluding hydrogens is 260 g/mol. The number of hydrogen-bond donors (Lipinski definition) is 0. The molecule has 0 saturated carbocycles. The van der Waals surface area contributed by atoms with E-state index in [0.29, 0.717) is 11.9 Å². The molecule has 0 amide bonds. The second-order valence-electron chi connectivity index (χ2n) is 5.36. The van der Waals surface area contributed by atoms with Crippen LogP contribution in [0.3, 0.4) is 0 Å². The maximum absolute atomic E-state index is 5.77. The Morgan fingerprint density at radius 1 is 1.11 bits per heavy atom. The summed E-state index contributed by atoms with van der Waals surface area (Å²) in [5.74, 6) is 1.19. The van der Waals surface area contributed by atoms with Crippen LogP contribution in [0.2, 0.25) is 0 Å². The summed E-state index contributed by atoms with van der Waals surface area (Å²) in [6.45, 7) is 6.44. The molecule has 0 fully saturated rings. The van der Waals surface area contributed by atoms with E-state index in [4.69, 9.17) is 16.3 Å². The minimum atomic E-state index is 0.00662. The third kappa shape index (κ3) is 3.44. The fraction of sp³-hybridized carbons (Fsp3) is 0.333. The molecule has 19 heavy (non-hydrogen) atoms. The normalized spacial score (nSPS) is 11.4. The van der Waals surface area contributed by atoms with Gasteiger partial charge in [-0.3, -0.25) is 0 Å². The van der Waals surface area contributed by atoms with Gasteiger partial charge in [0.25, 0.3) is 0 Å². The van der Waals surface area contributed by atoms with Crippen LogP contribution in [0.15, 0.2) is 36.7 Å². The molecule has 1 heterocycles. The predicted molar refractivity (Wildman–Crippen MR) is 76.8 cm³/mol. The highest BCUT2D eigenvalue weighted by Gasteiger charge is 2.19. The summed E-state index contributed by atoms with van der Waals surface area (Å²) in [6, 6.07) is 8.27. The van der Waals surface area contributed by atoms with Crippen molar-refractivity contribution in [3.8, 4) is 11.8 Å². The highest BCUT2D eigenvalue weighted by atomic mass is 35.5. The standard InChI is InChI=1S/C15H17ClN2O/c1-15(2,3)12-6-4-5-7-13(12)19-14-17-9-11(8-16)10-18-14/h4-7,9-10H,8H2,1-3H3. The van der Waals surface area contributed by atoms with E-state index in [9.17, 15) is 0 Å². The topological polar surface area (TPSA) is 35.0 Å². The van der Waals surface area contributed by atoms with Crippen molar-refractivity contribution < 1.29 is 4.74 Å². The second-order valence-corrected chi connectivity index (χ2v) is 5.62. The van der Waals surface area contributed by atoms with Gasteiger partial charge in [-0.25, -0.2) is 9.97 Å². The Bertz CT molecular complexity index is 547. The molecule has 0 aliphatic rings. The highest BCUT2D eigenvalue weighted by Crippen LogP contribution is 2.32. The van der Waals surface area contributed by atoms with E-state index < -0.39 is 0 Å². The monoisotopic (exact) mass is 276 g/mol. The molecule has 1 aromatic heterocycles. The van der Waals surface area contributed by atoms with Crippen LogP contribution in [-0.2, 0) is 11.3 Å². The second kappa shape index (κ2) is 5.57. The van der Waals surface area contributed by atoms with Gasteiger partial charge in [0.1, 0.15) is 5.75 Å². The molecule has 0 aliphatic carbocycles. The maximum atomic E-state index is 5.77. The van der Waals surface area contributed by atoms with Crippen molar-refractivity contribution in [2.45, 2.75) is 32.1 Å². The lowest BCUT2D eigenvalue weighted by Gasteiger charge is -2.21. The van der Waals surface area contributed by atoms with Gasteiger partial charge in [0.05, 0.1) is 5.88 Å². The lowest BCUT2D eigenvalue weighted by molar-refractivity contribution is 0.422. The summed E-state index contributed by atoms with van der Waals surface area (Å²) < 4.78 is 5.77. The molecule has 2 aromatic rings. The van der Waals surface area contributed by atoms with Gasteiger partial charge in [-0.1, -0.05) is 39.0 Å². The van der Waals surface area contributed by atoms with Crippen molar-refractivity contribution in [1.29, 1.82) is 0 Å². The molecule has 2 rings (SSSR count). The van der Waals surface area contributed by atoms with Gasteiger partial charge in [0.15, 0.2) is 0 Å². The van der Waals surface area contributed by atoms with Crippen LogP contribution in [0.1, 0.15) is 31.9 Å². The first-order valence-electron chi connectivity index (χ1n) is 6.15. The van der Waals surface area contributed by atoms with Crippen molar-refractivity contribution in [2.24, 2.45) is 0 Å². The van der Waals surface area contributed by atoms with Crippen LogP contribution >= 0.6 is 11.6 Å². The van der Waals surface area contributed by atoms with Crippen LogP contribution in [0.5, 0.6) is 11.8 Å². The Morgan fingerprint density at radius 2 is 1.74 bits per heavy atom. The summed E-state index contributed by atoms with van der Waals surface area (Å²) in [6.07, 6.45) is 3.35. The number of para-hydroxylation sites is 1. The highest BCUT2D eigenvalue weighted by molar-refractivity contribution is 6.17. The summed E-state index contributed by atoms with van der Waals surface area (Å²) in [4.78, 5) is 8.30. The quantitative estimate of drug-likeness (QED) is 0.784. The zero-order valence-corrected chi connectivity index (χ0v) is 12.1. The van der Waals surface area contributed by atoms with E-state index in [-0.39, 0.29) is 5.41 Å². The number of rotatable bonds is 3. The van der Waals surface area contributed by atoms with Gasteiger partial charge in [-0.05, 0) is 11.5 Å². The molecule has 100 valence electrons. The first kappa shape index (κ1) is 13.8.